The summed E-state index contributed by atoms with van der Waals surface area (Å²) in [6.07, 6.45) is 4.29. The molecule has 218 valence electrons. The second kappa shape index (κ2) is 13.7. The van der Waals surface area contributed by atoms with E-state index in [9.17, 15) is 18.0 Å². The molecule has 1 saturated carbocycles. The number of benzene rings is 3. The molecule has 41 heavy (non-hydrogen) atoms. The SMILES string of the molecule is CCC(C(=O)NC1CCCC1)N(Cc1ccccc1C)C(=O)CN(c1cccc(Cl)c1Cl)S(=O)(=O)c1ccccc1. The number of rotatable bonds is 11. The Morgan fingerprint density at radius 3 is 2.27 bits per heavy atom. The highest BCUT2D eigenvalue weighted by atomic mass is 35.5. The molecule has 0 aliphatic heterocycles. The molecule has 1 fully saturated rings. The van der Waals surface area contributed by atoms with E-state index in [0.717, 1.165) is 41.1 Å². The van der Waals surface area contributed by atoms with E-state index in [0.29, 0.717) is 6.42 Å². The van der Waals surface area contributed by atoms with E-state index in [4.69, 9.17) is 23.2 Å². The van der Waals surface area contributed by atoms with Crippen molar-refractivity contribution in [2.75, 3.05) is 10.8 Å². The average Bonchev–Trinajstić information content (AvgIpc) is 3.47. The van der Waals surface area contributed by atoms with Gasteiger partial charge in [0.2, 0.25) is 11.8 Å². The molecule has 1 aliphatic carbocycles. The maximum atomic E-state index is 14.2. The van der Waals surface area contributed by atoms with Gasteiger partial charge in [0.05, 0.1) is 20.6 Å². The van der Waals surface area contributed by atoms with E-state index in [1.807, 2.05) is 38.1 Å². The number of anilines is 1. The summed E-state index contributed by atoms with van der Waals surface area (Å²) in [5.74, 6) is -0.767. The number of halogens is 2. The molecule has 7 nitrogen and oxygen atoms in total. The quantitative estimate of drug-likeness (QED) is 0.272. The molecule has 0 saturated heterocycles. The van der Waals surface area contributed by atoms with Crippen LogP contribution in [0.3, 0.4) is 0 Å². The second-order valence-corrected chi connectivity index (χ2v) is 12.9. The Labute approximate surface area is 252 Å². The summed E-state index contributed by atoms with van der Waals surface area (Å²) in [5, 5.41) is 3.29. The summed E-state index contributed by atoms with van der Waals surface area (Å²) in [5.41, 5.74) is 1.91. The number of nitrogens with one attached hydrogen (secondary N) is 1. The Bertz CT molecular complexity index is 1480. The van der Waals surface area contributed by atoms with Crippen molar-refractivity contribution >= 4 is 50.7 Å². The summed E-state index contributed by atoms with van der Waals surface area (Å²) < 4.78 is 28.9. The fourth-order valence-corrected chi connectivity index (χ4v) is 7.07. The number of hydrogen-bond donors (Lipinski definition) is 1. The minimum atomic E-state index is -4.23. The van der Waals surface area contributed by atoms with Gasteiger partial charge in [-0.1, -0.05) is 91.5 Å². The number of sulfonamides is 1. The average molecular weight is 617 g/mol. The van der Waals surface area contributed by atoms with Crippen molar-refractivity contribution in [2.24, 2.45) is 0 Å². The van der Waals surface area contributed by atoms with Crippen molar-refractivity contribution < 1.29 is 18.0 Å². The van der Waals surface area contributed by atoms with Gasteiger partial charge < -0.3 is 10.2 Å². The molecule has 3 aromatic carbocycles. The minimum absolute atomic E-state index is 0.000291. The molecule has 2 amide bonds. The van der Waals surface area contributed by atoms with Crippen molar-refractivity contribution in [2.45, 2.75) is 69.5 Å². The molecule has 1 N–H and O–H groups in total. The molecule has 10 heteroatoms. The molecule has 0 spiro atoms. The lowest BCUT2D eigenvalue weighted by Gasteiger charge is -2.34. The standard InChI is InChI=1S/C31H35Cl2N3O4S/c1-3-27(31(38)34-24-14-9-10-15-24)35(20-23-13-8-7-12-22(23)2)29(37)21-36(28-19-11-18-26(32)30(28)33)41(39,40)25-16-5-4-6-17-25/h4-8,11-13,16-19,24,27H,3,9-10,14-15,20-21H2,1-2H3,(H,34,38). The largest absolute Gasteiger partial charge is 0.352 e. The van der Waals surface area contributed by atoms with Gasteiger partial charge in [0, 0.05) is 12.6 Å². The number of nitrogens with zero attached hydrogens (tertiary/aromatic N) is 2. The molecule has 1 atom stereocenters. The topological polar surface area (TPSA) is 86.8 Å². The molecular formula is C31H35Cl2N3O4S. The van der Waals surface area contributed by atoms with E-state index in [1.54, 1.807) is 30.3 Å². The first-order chi connectivity index (χ1) is 19.6. The number of carbonyl (C=O) groups excluding carboxylic acids is 2. The third kappa shape index (κ3) is 7.23. The third-order valence-electron chi connectivity index (χ3n) is 7.50. The van der Waals surface area contributed by atoms with Gasteiger partial charge >= 0.3 is 0 Å². The number of hydrogen-bond acceptors (Lipinski definition) is 4. The Hall–Kier alpha value is -3.07. The van der Waals surface area contributed by atoms with Crippen LogP contribution >= 0.6 is 23.2 Å². The summed E-state index contributed by atoms with van der Waals surface area (Å²) in [6.45, 7) is 3.36. The van der Waals surface area contributed by atoms with Crippen molar-refractivity contribution in [3.63, 3.8) is 0 Å². The van der Waals surface area contributed by atoms with E-state index < -0.39 is 28.5 Å². The lowest BCUT2D eigenvalue weighted by atomic mass is 10.1. The maximum Gasteiger partial charge on any atom is 0.264 e. The van der Waals surface area contributed by atoms with Crippen LogP contribution in [0.25, 0.3) is 0 Å². The van der Waals surface area contributed by atoms with Crippen LogP contribution in [0.1, 0.15) is 50.2 Å². The first-order valence-corrected chi connectivity index (χ1v) is 16.0. The number of carbonyl (C=O) groups is 2. The molecule has 0 aromatic heterocycles. The molecule has 1 unspecified atom stereocenters. The van der Waals surface area contributed by atoms with Crippen LogP contribution in [-0.2, 0) is 26.2 Å². The minimum Gasteiger partial charge on any atom is -0.352 e. The monoisotopic (exact) mass is 615 g/mol. The Morgan fingerprint density at radius 2 is 1.61 bits per heavy atom. The first-order valence-electron chi connectivity index (χ1n) is 13.8. The van der Waals surface area contributed by atoms with Gasteiger partial charge in [-0.25, -0.2) is 8.42 Å². The van der Waals surface area contributed by atoms with Crippen molar-refractivity contribution in [1.82, 2.24) is 10.2 Å². The summed E-state index contributed by atoms with van der Waals surface area (Å²) in [7, 11) is -4.23. The van der Waals surface area contributed by atoms with Crippen LogP contribution in [0.15, 0.2) is 77.7 Å². The summed E-state index contributed by atoms with van der Waals surface area (Å²) in [4.78, 5) is 29.3. The highest BCUT2D eigenvalue weighted by molar-refractivity contribution is 7.92. The van der Waals surface area contributed by atoms with Gasteiger partial charge in [-0.15, -0.1) is 0 Å². The molecular weight excluding hydrogens is 581 g/mol. The fraction of sp³-hybridized carbons (Fsp3) is 0.355. The maximum absolute atomic E-state index is 14.2. The van der Waals surface area contributed by atoms with Gasteiger partial charge in [-0.3, -0.25) is 13.9 Å². The fourth-order valence-electron chi connectivity index (χ4n) is 5.18. The zero-order valence-corrected chi connectivity index (χ0v) is 25.6. The lowest BCUT2D eigenvalue weighted by molar-refractivity contribution is -0.140. The predicted molar refractivity (Wildman–Crippen MR) is 164 cm³/mol. The highest BCUT2D eigenvalue weighted by Gasteiger charge is 2.35. The smallest absolute Gasteiger partial charge is 0.264 e. The number of amides is 2. The molecule has 4 rings (SSSR count). The Morgan fingerprint density at radius 1 is 0.951 bits per heavy atom. The van der Waals surface area contributed by atoms with E-state index >= 15 is 0 Å². The summed E-state index contributed by atoms with van der Waals surface area (Å²) in [6, 6.07) is 19.4. The Balaban J connectivity index is 1.75. The zero-order valence-electron chi connectivity index (χ0n) is 23.2. The van der Waals surface area contributed by atoms with Crippen LogP contribution in [0.5, 0.6) is 0 Å². The van der Waals surface area contributed by atoms with E-state index in [-0.39, 0.29) is 39.1 Å². The zero-order chi connectivity index (χ0) is 29.6. The molecule has 0 bridgehead atoms. The van der Waals surface area contributed by atoms with Gasteiger partial charge in [-0.2, -0.15) is 0 Å². The van der Waals surface area contributed by atoms with Gasteiger partial charge in [0.25, 0.3) is 10.0 Å². The second-order valence-electron chi connectivity index (χ2n) is 10.3. The highest BCUT2D eigenvalue weighted by Crippen LogP contribution is 2.35. The summed E-state index contributed by atoms with van der Waals surface area (Å²) >= 11 is 12.8. The van der Waals surface area contributed by atoms with Crippen molar-refractivity contribution in [3.8, 4) is 0 Å². The van der Waals surface area contributed by atoms with Gasteiger partial charge in [0.15, 0.2) is 0 Å². The number of aryl methyl sites for hydroxylation is 1. The predicted octanol–water partition coefficient (Wildman–Crippen LogP) is 6.36. The molecule has 1 aliphatic rings. The normalized spacial score (nSPS) is 14.4. The van der Waals surface area contributed by atoms with Crippen molar-refractivity contribution in [1.29, 1.82) is 0 Å². The lowest BCUT2D eigenvalue weighted by Crippen LogP contribution is -2.53. The van der Waals surface area contributed by atoms with Crippen LogP contribution in [0.4, 0.5) is 5.69 Å². The third-order valence-corrected chi connectivity index (χ3v) is 10.1. The van der Waals surface area contributed by atoms with Crippen LogP contribution in [0, 0.1) is 6.92 Å². The van der Waals surface area contributed by atoms with Crippen LogP contribution < -0.4 is 9.62 Å². The first kappa shape index (κ1) is 30.9. The Kier molecular flexibility index (Phi) is 10.3. The van der Waals surface area contributed by atoms with E-state index in [1.165, 1.54) is 23.1 Å². The van der Waals surface area contributed by atoms with Crippen LogP contribution in [-0.4, -0.2) is 43.8 Å². The van der Waals surface area contributed by atoms with Gasteiger partial charge in [-0.05, 0) is 61.6 Å². The van der Waals surface area contributed by atoms with E-state index in [2.05, 4.69) is 5.32 Å². The van der Waals surface area contributed by atoms with Gasteiger partial charge in [0.1, 0.15) is 12.6 Å². The molecule has 0 heterocycles. The molecule has 3 aromatic rings. The molecule has 0 radical (unpaired) electrons. The van der Waals surface area contributed by atoms with Crippen molar-refractivity contribution in [3.05, 3.63) is 94.0 Å². The van der Waals surface area contributed by atoms with Crippen LogP contribution in [0.2, 0.25) is 10.0 Å².